The first-order chi connectivity index (χ1) is 13.9. The summed E-state index contributed by atoms with van der Waals surface area (Å²) in [6, 6.07) is 9.95. The molecule has 2 aliphatic rings. The third kappa shape index (κ3) is 5.59. The van der Waals surface area contributed by atoms with Crippen LogP contribution in [0, 0.1) is 0 Å². The predicted molar refractivity (Wildman–Crippen MR) is 108 cm³/mol. The molecule has 2 saturated heterocycles. The number of hydrazine groups is 1. The Labute approximate surface area is 170 Å². The maximum atomic E-state index is 13.2. The highest BCUT2D eigenvalue weighted by atomic mass is 31.2. The number of unbranched alkanes of at least 4 members (excludes halogenated alkanes) is 1. The molecule has 0 bridgehead atoms. The van der Waals surface area contributed by atoms with Crippen LogP contribution in [0.3, 0.4) is 0 Å². The monoisotopic (exact) mass is 424 g/mol. The zero-order valence-corrected chi connectivity index (χ0v) is 17.4. The van der Waals surface area contributed by atoms with E-state index in [1.165, 1.54) is 10.6 Å². The fourth-order valence-corrected chi connectivity index (χ4v) is 6.21. The number of fused-ring (bicyclic) bond motifs is 1. The van der Waals surface area contributed by atoms with E-state index in [1.807, 2.05) is 30.3 Å². The van der Waals surface area contributed by atoms with Gasteiger partial charge in [0.25, 0.3) is 5.91 Å². The SMILES string of the molecule is O=C(O)OC1CCCN2CCC[C@H](P(=O)(O)CCCCc3ccccc3)C(=O)N12. The fourth-order valence-electron chi connectivity index (χ4n) is 4.17. The molecule has 2 N–H and O–H groups in total. The topological polar surface area (TPSA) is 107 Å². The summed E-state index contributed by atoms with van der Waals surface area (Å²) >= 11 is 0. The summed E-state index contributed by atoms with van der Waals surface area (Å²) in [5.41, 5.74) is 0.186. The van der Waals surface area contributed by atoms with Crippen LogP contribution < -0.4 is 0 Å². The Morgan fingerprint density at radius 1 is 1.14 bits per heavy atom. The van der Waals surface area contributed by atoms with Gasteiger partial charge in [0.1, 0.15) is 5.66 Å². The largest absolute Gasteiger partial charge is 0.507 e. The number of carbonyl (C=O) groups excluding carboxylic acids is 1. The van der Waals surface area contributed by atoms with Crippen LogP contribution in [0.4, 0.5) is 4.79 Å². The van der Waals surface area contributed by atoms with Crippen molar-refractivity contribution in [2.24, 2.45) is 0 Å². The van der Waals surface area contributed by atoms with Crippen molar-refractivity contribution in [3.05, 3.63) is 35.9 Å². The van der Waals surface area contributed by atoms with Crippen molar-refractivity contribution in [1.29, 1.82) is 0 Å². The molecular formula is C20H29N2O6P. The molecule has 1 aromatic carbocycles. The van der Waals surface area contributed by atoms with E-state index in [0.717, 1.165) is 12.8 Å². The molecule has 2 heterocycles. The van der Waals surface area contributed by atoms with Gasteiger partial charge in [-0.2, -0.15) is 0 Å². The summed E-state index contributed by atoms with van der Waals surface area (Å²) in [7, 11) is -3.72. The van der Waals surface area contributed by atoms with Crippen molar-refractivity contribution in [1.82, 2.24) is 10.0 Å². The molecule has 9 heteroatoms. The maximum absolute atomic E-state index is 13.2. The van der Waals surface area contributed by atoms with E-state index in [2.05, 4.69) is 0 Å². The number of rotatable bonds is 7. The number of ether oxygens (including phenoxy) is 1. The molecule has 160 valence electrons. The van der Waals surface area contributed by atoms with Crippen molar-refractivity contribution in [2.45, 2.75) is 56.8 Å². The number of hydrogen-bond acceptors (Lipinski definition) is 5. The molecule has 0 saturated carbocycles. The van der Waals surface area contributed by atoms with Gasteiger partial charge in [-0.15, -0.1) is 0 Å². The first-order valence-electron chi connectivity index (χ1n) is 10.2. The van der Waals surface area contributed by atoms with Gasteiger partial charge in [-0.05, 0) is 44.1 Å². The molecule has 3 atom stereocenters. The summed E-state index contributed by atoms with van der Waals surface area (Å²) in [5.74, 6) is -0.484. The number of carboxylic acid groups (broad SMARTS) is 1. The van der Waals surface area contributed by atoms with Gasteiger partial charge in [0, 0.05) is 25.7 Å². The normalized spacial score (nSPS) is 25.0. The zero-order chi connectivity index (χ0) is 20.9. The van der Waals surface area contributed by atoms with Crippen molar-refractivity contribution < 1.29 is 28.9 Å². The average Bonchev–Trinajstić information content (AvgIpc) is 2.86. The number of benzene rings is 1. The summed E-state index contributed by atoms with van der Waals surface area (Å²) in [4.78, 5) is 34.9. The van der Waals surface area contributed by atoms with E-state index in [-0.39, 0.29) is 6.16 Å². The molecule has 8 nitrogen and oxygen atoms in total. The van der Waals surface area contributed by atoms with Crippen LogP contribution in [-0.4, -0.2) is 63.2 Å². The number of hydrogen-bond donors (Lipinski definition) is 2. The average molecular weight is 424 g/mol. The van der Waals surface area contributed by atoms with Crippen molar-refractivity contribution in [2.75, 3.05) is 19.3 Å². The number of amides is 1. The molecule has 0 spiro atoms. The Bertz CT molecular complexity index is 759. The second kappa shape index (κ2) is 9.74. The standard InChI is InChI=1S/C20H29N2O6P/c23-19-17(29(26,27)15-5-4-10-16-8-2-1-3-9-16)11-6-13-21-14-7-12-18(22(19)21)28-20(24)25/h1-3,8-9,17-18H,4-7,10-15H2,(H,24,25)(H,26,27)/t17-,18?/m0/s1. The molecule has 3 rings (SSSR count). The summed E-state index contributed by atoms with van der Waals surface area (Å²) in [6.45, 7) is 1.17. The van der Waals surface area contributed by atoms with E-state index in [9.17, 15) is 19.0 Å². The molecule has 0 aliphatic carbocycles. The Morgan fingerprint density at radius 3 is 2.52 bits per heavy atom. The van der Waals surface area contributed by atoms with Gasteiger partial charge >= 0.3 is 6.16 Å². The van der Waals surface area contributed by atoms with Crippen LogP contribution in [0.15, 0.2) is 30.3 Å². The minimum Gasteiger partial charge on any atom is -0.450 e. The molecule has 1 aromatic rings. The van der Waals surface area contributed by atoms with Crippen LogP contribution >= 0.6 is 7.37 Å². The molecule has 29 heavy (non-hydrogen) atoms. The van der Waals surface area contributed by atoms with Crippen LogP contribution in [-0.2, 0) is 20.5 Å². The lowest BCUT2D eigenvalue weighted by atomic mass is 10.1. The lowest BCUT2D eigenvalue weighted by molar-refractivity contribution is -0.187. The third-order valence-electron chi connectivity index (χ3n) is 5.61. The number of nitrogens with zero attached hydrogens (tertiary/aromatic N) is 2. The molecule has 0 radical (unpaired) electrons. The summed E-state index contributed by atoms with van der Waals surface area (Å²) in [6.07, 6.45) is 1.94. The Kier molecular flexibility index (Phi) is 7.33. The van der Waals surface area contributed by atoms with Gasteiger partial charge < -0.3 is 14.7 Å². The van der Waals surface area contributed by atoms with E-state index in [0.29, 0.717) is 45.2 Å². The minimum absolute atomic E-state index is 0.0918. The Morgan fingerprint density at radius 2 is 1.83 bits per heavy atom. The van der Waals surface area contributed by atoms with Crippen LogP contribution in [0.1, 0.15) is 44.1 Å². The highest BCUT2D eigenvalue weighted by Gasteiger charge is 2.46. The van der Waals surface area contributed by atoms with Crippen molar-refractivity contribution in [3.8, 4) is 0 Å². The first kappa shape index (κ1) is 21.8. The Hall–Kier alpha value is -1.89. The second-order valence-electron chi connectivity index (χ2n) is 7.70. The maximum Gasteiger partial charge on any atom is 0.507 e. The molecule has 2 fully saturated rings. The number of carbonyl (C=O) groups is 2. The molecular weight excluding hydrogens is 395 g/mol. The van der Waals surface area contributed by atoms with Gasteiger partial charge in [-0.3, -0.25) is 9.36 Å². The van der Waals surface area contributed by atoms with E-state index < -0.39 is 31.3 Å². The lowest BCUT2D eigenvalue weighted by Gasteiger charge is -2.42. The van der Waals surface area contributed by atoms with E-state index >= 15 is 0 Å². The van der Waals surface area contributed by atoms with Gasteiger partial charge in [0.05, 0.1) is 0 Å². The van der Waals surface area contributed by atoms with Gasteiger partial charge in [0.15, 0.2) is 6.23 Å². The third-order valence-corrected chi connectivity index (χ3v) is 8.02. The van der Waals surface area contributed by atoms with E-state index in [4.69, 9.17) is 9.84 Å². The Balaban J connectivity index is 1.63. The van der Waals surface area contributed by atoms with Crippen LogP contribution in [0.25, 0.3) is 0 Å². The molecule has 0 aromatic heterocycles. The van der Waals surface area contributed by atoms with Crippen molar-refractivity contribution >= 4 is 19.4 Å². The van der Waals surface area contributed by atoms with E-state index in [1.54, 1.807) is 5.01 Å². The van der Waals surface area contributed by atoms with Crippen LogP contribution in [0.5, 0.6) is 0 Å². The lowest BCUT2D eigenvalue weighted by Crippen LogP contribution is -2.58. The second-order valence-corrected chi connectivity index (χ2v) is 10.3. The van der Waals surface area contributed by atoms with Crippen LogP contribution in [0.2, 0.25) is 0 Å². The highest BCUT2D eigenvalue weighted by molar-refractivity contribution is 7.59. The quantitative estimate of drug-likeness (QED) is 0.393. The molecule has 2 aliphatic heterocycles. The zero-order valence-electron chi connectivity index (χ0n) is 16.5. The summed E-state index contributed by atoms with van der Waals surface area (Å²) < 4.78 is 18.0. The smallest absolute Gasteiger partial charge is 0.450 e. The first-order valence-corrected chi connectivity index (χ1v) is 12.1. The van der Waals surface area contributed by atoms with Gasteiger partial charge in [-0.25, -0.2) is 14.8 Å². The van der Waals surface area contributed by atoms with Gasteiger partial charge in [0.2, 0.25) is 7.37 Å². The molecule has 2 unspecified atom stereocenters. The minimum atomic E-state index is -3.72. The van der Waals surface area contributed by atoms with Crippen molar-refractivity contribution in [3.63, 3.8) is 0 Å². The fraction of sp³-hybridized carbons (Fsp3) is 0.600. The highest BCUT2D eigenvalue weighted by Crippen LogP contribution is 2.51. The van der Waals surface area contributed by atoms with Gasteiger partial charge in [-0.1, -0.05) is 30.3 Å². The number of aryl methyl sites for hydroxylation is 1. The predicted octanol–water partition coefficient (Wildman–Crippen LogP) is 3.30. The molecule has 1 amide bonds. The summed E-state index contributed by atoms with van der Waals surface area (Å²) in [5, 5.41) is 12.1.